The summed E-state index contributed by atoms with van der Waals surface area (Å²) in [5.74, 6) is 7.57. The molecule has 0 fully saturated rings. The molecule has 0 saturated heterocycles. The number of nitrogen functional groups attached to an aromatic ring is 2. The van der Waals surface area contributed by atoms with E-state index < -0.39 is 0 Å². The van der Waals surface area contributed by atoms with E-state index in [1.54, 1.807) is 7.11 Å². The molecule has 0 aliphatic rings. The van der Waals surface area contributed by atoms with Crippen molar-refractivity contribution in [3.63, 3.8) is 0 Å². The summed E-state index contributed by atoms with van der Waals surface area (Å²) >= 11 is 0. The van der Waals surface area contributed by atoms with E-state index in [0.29, 0.717) is 17.1 Å². The van der Waals surface area contributed by atoms with Crippen LogP contribution in [-0.4, -0.2) is 17.1 Å². The van der Waals surface area contributed by atoms with E-state index in [-0.39, 0.29) is 11.9 Å². The van der Waals surface area contributed by atoms with Crippen molar-refractivity contribution in [1.29, 1.82) is 0 Å². The number of aromatic nitrogens is 2. The van der Waals surface area contributed by atoms with E-state index in [1.807, 2.05) is 71.9 Å². The molecule has 0 spiro atoms. The number of hydrogen-bond donors (Lipinski definition) is 2. The van der Waals surface area contributed by atoms with Gasteiger partial charge in [-0.2, -0.15) is 4.98 Å². The second-order valence-corrected chi connectivity index (χ2v) is 6.28. The van der Waals surface area contributed by atoms with Crippen LogP contribution in [0.1, 0.15) is 57.4 Å². The smallest absolute Gasteiger partial charge is 0.222 e. The molecule has 2 aromatic carbocycles. The highest BCUT2D eigenvalue weighted by Gasteiger charge is 2.09. The highest BCUT2D eigenvalue weighted by Crippen LogP contribution is 2.29. The van der Waals surface area contributed by atoms with Crippen LogP contribution in [0.3, 0.4) is 0 Å². The second kappa shape index (κ2) is 12.9. The van der Waals surface area contributed by atoms with Gasteiger partial charge in [0.1, 0.15) is 11.6 Å². The van der Waals surface area contributed by atoms with Gasteiger partial charge in [-0.15, -0.1) is 0 Å². The molecule has 4 N–H and O–H groups in total. The molecule has 1 heterocycles. The Bertz CT molecular complexity index is 998. The fraction of sp³-hybridized carbons (Fsp3) is 0.308. The molecule has 0 amide bonds. The first-order valence-corrected chi connectivity index (χ1v) is 10.6. The number of anilines is 2. The van der Waals surface area contributed by atoms with Crippen LogP contribution in [0.25, 0.3) is 11.1 Å². The zero-order chi connectivity index (χ0) is 23.4. The van der Waals surface area contributed by atoms with Gasteiger partial charge in [0.05, 0.1) is 18.4 Å². The molecule has 0 aliphatic carbocycles. The normalized spacial score (nSPS) is 10.3. The van der Waals surface area contributed by atoms with Crippen LogP contribution in [0.2, 0.25) is 0 Å². The van der Waals surface area contributed by atoms with Crippen LogP contribution < -0.4 is 16.2 Å². The predicted molar refractivity (Wildman–Crippen MR) is 132 cm³/mol. The van der Waals surface area contributed by atoms with Gasteiger partial charge in [0.15, 0.2) is 0 Å². The molecule has 3 aromatic rings. The van der Waals surface area contributed by atoms with Crippen molar-refractivity contribution < 1.29 is 4.74 Å². The van der Waals surface area contributed by atoms with Gasteiger partial charge < -0.3 is 16.2 Å². The molecule has 0 radical (unpaired) electrons. The average molecular weight is 419 g/mol. The van der Waals surface area contributed by atoms with E-state index in [4.69, 9.17) is 16.2 Å². The lowest BCUT2D eigenvalue weighted by Crippen LogP contribution is -2.05. The van der Waals surface area contributed by atoms with Crippen molar-refractivity contribution in [3.8, 4) is 28.7 Å². The van der Waals surface area contributed by atoms with Crippen molar-refractivity contribution in [1.82, 2.24) is 9.97 Å². The van der Waals surface area contributed by atoms with Gasteiger partial charge in [0.2, 0.25) is 5.95 Å². The van der Waals surface area contributed by atoms with Gasteiger partial charge in [-0.05, 0) is 48.7 Å². The molecular formula is C26H34N4O. The third-order valence-electron chi connectivity index (χ3n) is 4.32. The Balaban J connectivity index is 0.00000113. The van der Waals surface area contributed by atoms with Crippen molar-refractivity contribution in [2.45, 2.75) is 47.5 Å². The average Bonchev–Trinajstić information content (AvgIpc) is 2.81. The molecular weight excluding hydrogens is 384 g/mol. The van der Waals surface area contributed by atoms with Gasteiger partial charge in [0, 0.05) is 5.92 Å². The maximum absolute atomic E-state index is 5.94. The van der Waals surface area contributed by atoms with Crippen LogP contribution in [0, 0.1) is 18.8 Å². The summed E-state index contributed by atoms with van der Waals surface area (Å²) in [5.41, 5.74) is 16.1. The SMILES string of the molecule is CC.CC.COc1cc(-c2ccccc2)cc(C(C)C#Cc2c(C)nc(N)nc2N)c1. The highest BCUT2D eigenvalue weighted by atomic mass is 16.5. The number of aryl methyl sites for hydroxylation is 1. The summed E-state index contributed by atoms with van der Waals surface area (Å²) in [6.45, 7) is 11.9. The summed E-state index contributed by atoms with van der Waals surface area (Å²) in [4.78, 5) is 8.12. The molecule has 3 rings (SSSR count). The van der Waals surface area contributed by atoms with Gasteiger partial charge in [-0.3, -0.25) is 0 Å². The first-order chi connectivity index (χ1) is 15.0. The molecule has 0 bridgehead atoms. The zero-order valence-electron chi connectivity index (χ0n) is 19.7. The minimum Gasteiger partial charge on any atom is -0.497 e. The lowest BCUT2D eigenvalue weighted by molar-refractivity contribution is 0.414. The minimum absolute atomic E-state index is 0.0288. The molecule has 5 nitrogen and oxygen atoms in total. The fourth-order valence-electron chi connectivity index (χ4n) is 2.82. The minimum atomic E-state index is -0.0288. The Morgan fingerprint density at radius 3 is 2.13 bits per heavy atom. The van der Waals surface area contributed by atoms with E-state index in [9.17, 15) is 0 Å². The molecule has 1 aromatic heterocycles. The molecule has 164 valence electrons. The maximum Gasteiger partial charge on any atom is 0.222 e. The monoisotopic (exact) mass is 418 g/mol. The van der Waals surface area contributed by atoms with Gasteiger partial charge >= 0.3 is 0 Å². The Kier molecular flexibility index (Phi) is 10.6. The summed E-state index contributed by atoms with van der Waals surface area (Å²) in [5, 5.41) is 0. The maximum atomic E-state index is 5.94. The van der Waals surface area contributed by atoms with Crippen molar-refractivity contribution in [2.24, 2.45) is 0 Å². The van der Waals surface area contributed by atoms with Gasteiger partial charge in [0.25, 0.3) is 0 Å². The van der Waals surface area contributed by atoms with Crippen molar-refractivity contribution >= 4 is 11.8 Å². The summed E-state index contributed by atoms with van der Waals surface area (Å²) in [6, 6.07) is 16.3. The third kappa shape index (κ3) is 7.04. The van der Waals surface area contributed by atoms with E-state index >= 15 is 0 Å². The number of hydrogen-bond acceptors (Lipinski definition) is 5. The number of methoxy groups -OCH3 is 1. The topological polar surface area (TPSA) is 87.0 Å². The number of ether oxygens (including phenoxy) is 1. The first-order valence-electron chi connectivity index (χ1n) is 10.6. The van der Waals surface area contributed by atoms with Gasteiger partial charge in [-0.1, -0.05) is 69.9 Å². The van der Waals surface area contributed by atoms with Crippen LogP contribution in [0.15, 0.2) is 48.5 Å². The van der Waals surface area contributed by atoms with Gasteiger partial charge in [-0.25, -0.2) is 4.98 Å². The Hall–Kier alpha value is -3.52. The summed E-state index contributed by atoms with van der Waals surface area (Å²) in [7, 11) is 1.67. The standard InChI is InChI=1S/C22H22N4O.2C2H6/c1-14(9-10-20-15(2)25-22(24)26-21(20)23)17-11-18(13-19(12-17)27-3)16-7-5-4-6-8-16;2*1-2/h4-8,11-14H,1-3H3,(H4,23,24,25,26);2*1-2H3. The highest BCUT2D eigenvalue weighted by molar-refractivity contribution is 5.67. The molecule has 5 heteroatoms. The van der Waals surface area contributed by atoms with Crippen molar-refractivity contribution in [2.75, 3.05) is 18.6 Å². The molecule has 1 unspecified atom stereocenters. The van der Waals surface area contributed by atoms with E-state index in [2.05, 4.69) is 40.0 Å². The Morgan fingerprint density at radius 1 is 0.903 bits per heavy atom. The fourth-order valence-corrected chi connectivity index (χ4v) is 2.82. The van der Waals surface area contributed by atoms with E-state index in [0.717, 1.165) is 22.4 Å². The van der Waals surface area contributed by atoms with Crippen LogP contribution in [0.5, 0.6) is 5.75 Å². The molecule has 0 saturated carbocycles. The lowest BCUT2D eigenvalue weighted by atomic mass is 9.95. The Morgan fingerprint density at radius 2 is 1.55 bits per heavy atom. The summed E-state index contributed by atoms with van der Waals surface area (Å²) in [6.07, 6.45) is 0. The van der Waals surface area contributed by atoms with E-state index in [1.165, 1.54) is 0 Å². The zero-order valence-corrected chi connectivity index (χ0v) is 19.7. The van der Waals surface area contributed by atoms with Crippen molar-refractivity contribution in [3.05, 3.63) is 65.4 Å². The summed E-state index contributed by atoms with van der Waals surface area (Å²) < 4.78 is 5.48. The predicted octanol–water partition coefficient (Wildman–Crippen LogP) is 5.83. The van der Waals surface area contributed by atoms with Crippen LogP contribution in [0.4, 0.5) is 11.8 Å². The molecule has 1 atom stereocenters. The quantitative estimate of drug-likeness (QED) is 0.522. The lowest BCUT2D eigenvalue weighted by Gasteiger charge is -2.11. The van der Waals surface area contributed by atoms with Crippen LogP contribution >= 0.6 is 0 Å². The molecule has 0 aliphatic heterocycles. The largest absolute Gasteiger partial charge is 0.497 e. The number of nitrogens with zero attached hydrogens (tertiary/aromatic N) is 2. The number of rotatable bonds is 3. The van der Waals surface area contributed by atoms with Crippen LogP contribution in [-0.2, 0) is 0 Å². The second-order valence-electron chi connectivity index (χ2n) is 6.28. The number of nitrogens with two attached hydrogens (primary N) is 2. The Labute approximate surface area is 186 Å². The third-order valence-corrected chi connectivity index (χ3v) is 4.32. The first kappa shape index (κ1) is 25.5. The molecule has 31 heavy (non-hydrogen) atoms. The number of benzene rings is 2.